The number of hydrogen-bond acceptors (Lipinski definition) is 3. The number of aliphatic hydroxyl groups is 1. The topological polar surface area (TPSA) is 69.6 Å². The Labute approximate surface area is 97.0 Å². The molecule has 1 rings (SSSR count). The molecule has 0 aromatic rings. The van der Waals surface area contributed by atoms with E-state index in [4.69, 9.17) is 5.11 Å². The maximum Gasteiger partial charge on any atom is 0.303 e. The van der Waals surface area contributed by atoms with Crippen LogP contribution in [0.5, 0.6) is 0 Å². The van der Waals surface area contributed by atoms with Crippen molar-refractivity contribution in [2.75, 3.05) is 13.1 Å². The Balaban J connectivity index is 2.09. The van der Waals surface area contributed by atoms with Gasteiger partial charge in [0.1, 0.15) is 0 Å². The zero-order valence-corrected chi connectivity index (χ0v) is 10.0. The van der Waals surface area contributed by atoms with Crippen LogP contribution in [0.2, 0.25) is 0 Å². The van der Waals surface area contributed by atoms with Gasteiger partial charge in [-0.1, -0.05) is 6.92 Å². The SMILES string of the molecule is CC1CCC(O)(CNCCCC(=O)O)CC1. The molecule has 4 nitrogen and oxygen atoms in total. The zero-order chi connectivity index (χ0) is 12.0. The molecule has 0 saturated heterocycles. The minimum Gasteiger partial charge on any atom is -0.481 e. The number of rotatable bonds is 6. The van der Waals surface area contributed by atoms with Crippen LogP contribution in [0.15, 0.2) is 0 Å². The van der Waals surface area contributed by atoms with Crippen molar-refractivity contribution in [3.8, 4) is 0 Å². The monoisotopic (exact) mass is 229 g/mol. The summed E-state index contributed by atoms with van der Waals surface area (Å²) in [4.78, 5) is 10.3. The summed E-state index contributed by atoms with van der Waals surface area (Å²) in [6.07, 6.45) is 4.73. The lowest BCUT2D eigenvalue weighted by atomic mass is 9.79. The van der Waals surface area contributed by atoms with Crippen molar-refractivity contribution in [2.24, 2.45) is 5.92 Å². The molecule has 0 amide bonds. The first-order valence-electron chi connectivity index (χ1n) is 6.17. The Hall–Kier alpha value is -0.610. The largest absolute Gasteiger partial charge is 0.481 e. The Morgan fingerprint density at radius 1 is 1.44 bits per heavy atom. The fraction of sp³-hybridized carbons (Fsp3) is 0.917. The van der Waals surface area contributed by atoms with Gasteiger partial charge in [0.2, 0.25) is 0 Å². The van der Waals surface area contributed by atoms with Gasteiger partial charge < -0.3 is 15.5 Å². The Morgan fingerprint density at radius 2 is 2.06 bits per heavy atom. The van der Waals surface area contributed by atoms with E-state index in [0.29, 0.717) is 19.5 Å². The predicted octanol–water partition coefficient (Wildman–Crippen LogP) is 1.38. The highest BCUT2D eigenvalue weighted by Gasteiger charge is 2.30. The number of hydrogen-bond donors (Lipinski definition) is 3. The summed E-state index contributed by atoms with van der Waals surface area (Å²) in [5.74, 6) is -0.0284. The number of carbonyl (C=O) groups is 1. The Morgan fingerprint density at radius 3 is 2.62 bits per heavy atom. The summed E-state index contributed by atoms with van der Waals surface area (Å²) in [6.45, 7) is 3.49. The van der Waals surface area contributed by atoms with Gasteiger partial charge in [-0.3, -0.25) is 4.79 Å². The molecule has 3 N–H and O–H groups in total. The Kier molecular flexibility index (Phi) is 5.22. The van der Waals surface area contributed by atoms with Gasteiger partial charge in [0.15, 0.2) is 0 Å². The molecule has 1 saturated carbocycles. The molecular weight excluding hydrogens is 206 g/mol. The van der Waals surface area contributed by atoms with E-state index in [1.165, 1.54) is 0 Å². The van der Waals surface area contributed by atoms with Crippen molar-refractivity contribution in [1.29, 1.82) is 0 Å². The molecule has 1 aliphatic rings. The summed E-state index contributed by atoms with van der Waals surface area (Å²) in [6, 6.07) is 0. The molecule has 0 heterocycles. The van der Waals surface area contributed by atoms with Crippen LogP contribution in [-0.2, 0) is 4.79 Å². The van der Waals surface area contributed by atoms with Crippen molar-refractivity contribution in [3.63, 3.8) is 0 Å². The van der Waals surface area contributed by atoms with Gasteiger partial charge in [-0.05, 0) is 44.6 Å². The van der Waals surface area contributed by atoms with Crippen molar-refractivity contribution < 1.29 is 15.0 Å². The fourth-order valence-corrected chi connectivity index (χ4v) is 2.16. The lowest BCUT2D eigenvalue weighted by molar-refractivity contribution is -0.137. The van der Waals surface area contributed by atoms with Crippen LogP contribution in [0, 0.1) is 5.92 Å². The maximum atomic E-state index is 10.3. The predicted molar refractivity (Wildman–Crippen MR) is 62.3 cm³/mol. The second kappa shape index (κ2) is 6.21. The standard InChI is InChI=1S/C12H23NO3/c1-10-4-6-12(16,7-5-10)9-13-8-2-3-11(14)15/h10,13,16H,2-9H2,1H3,(H,14,15). The van der Waals surface area contributed by atoms with E-state index < -0.39 is 11.6 Å². The average Bonchev–Trinajstić information content (AvgIpc) is 2.22. The molecule has 1 aliphatic carbocycles. The molecule has 0 aliphatic heterocycles. The fourth-order valence-electron chi connectivity index (χ4n) is 2.16. The molecule has 0 atom stereocenters. The van der Waals surface area contributed by atoms with Crippen molar-refractivity contribution in [2.45, 2.75) is 51.0 Å². The molecule has 0 bridgehead atoms. The third-order valence-electron chi connectivity index (χ3n) is 3.40. The zero-order valence-electron chi connectivity index (χ0n) is 10.0. The molecule has 94 valence electrons. The Bertz CT molecular complexity index is 222. The lowest BCUT2D eigenvalue weighted by Crippen LogP contribution is -2.43. The van der Waals surface area contributed by atoms with Gasteiger partial charge in [0.05, 0.1) is 5.60 Å². The van der Waals surface area contributed by atoms with Crippen molar-refractivity contribution >= 4 is 5.97 Å². The van der Waals surface area contributed by atoms with E-state index >= 15 is 0 Å². The van der Waals surface area contributed by atoms with Gasteiger partial charge in [0.25, 0.3) is 0 Å². The molecule has 1 fully saturated rings. The van der Waals surface area contributed by atoms with E-state index in [-0.39, 0.29) is 6.42 Å². The van der Waals surface area contributed by atoms with E-state index in [1.54, 1.807) is 0 Å². The first-order valence-corrected chi connectivity index (χ1v) is 6.17. The van der Waals surface area contributed by atoms with Crippen LogP contribution in [-0.4, -0.2) is 34.9 Å². The third-order valence-corrected chi connectivity index (χ3v) is 3.40. The lowest BCUT2D eigenvalue weighted by Gasteiger charge is -2.35. The highest BCUT2D eigenvalue weighted by atomic mass is 16.4. The van der Waals surface area contributed by atoms with E-state index in [0.717, 1.165) is 31.6 Å². The molecule has 0 spiro atoms. The molecule has 0 unspecified atom stereocenters. The van der Waals surface area contributed by atoms with Crippen LogP contribution < -0.4 is 5.32 Å². The van der Waals surface area contributed by atoms with Gasteiger partial charge in [-0.2, -0.15) is 0 Å². The number of nitrogens with one attached hydrogen (secondary N) is 1. The van der Waals surface area contributed by atoms with Gasteiger partial charge in [0, 0.05) is 13.0 Å². The van der Waals surface area contributed by atoms with Crippen LogP contribution >= 0.6 is 0 Å². The summed E-state index contributed by atoms with van der Waals surface area (Å²) < 4.78 is 0. The highest BCUT2D eigenvalue weighted by Crippen LogP contribution is 2.31. The first kappa shape index (κ1) is 13.5. The quantitative estimate of drug-likeness (QED) is 0.602. The van der Waals surface area contributed by atoms with E-state index in [2.05, 4.69) is 12.2 Å². The molecule has 0 aromatic carbocycles. The molecular formula is C12H23NO3. The maximum absolute atomic E-state index is 10.3. The summed E-state index contributed by atoms with van der Waals surface area (Å²) in [7, 11) is 0. The highest BCUT2D eigenvalue weighted by molar-refractivity contribution is 5.66. The molecule has 0 radical (unpaired) electrons. The number of aliphatic carboxylic acids is 1. The van der Waals surface area contributed by atoms with Crippen LogP contribution in [0.1, 0.15) is 45.4 Å². The first-order chi connectivity index (χ1) is 7.52. The van der Waals surface area contributed by atoms with E-state index in [1.807, 2.05) is 0 Å². The van der Waals surface area contributed by atoms with Gasteiger partial charge in [-0.25, -0.2) is 0 Å². The summed E-state index contributed by atoms with van der Waals surface area (Å²) >= 11 is 0. The second-order valence-electron chi connectivity index (χ2n) is 5.08. The molecule has 16 heavy (non-hydrogen) atoms. The van der Waals surface area contributed by atoms with Gasteiger partial charge in [-0.15, -0.1) is 0 Å². The number of carboxylic acids is 1. The van der Waals surface area contributed by atoms with Crippen LogP contribution in [0.3, 0.4) is 0 Å². The third kappa shape index (κ3) is 4.94. The normalized spacial score (nSPS) is 30.2. The average molecular weight is 229 g/mol. The summed E-state index contributed by atoms with van der Waals surface area (Å²) in [5.41, 5.74) is -0.560. The minimum atomic E-state index is -0.757. The van der Waals surface area contributed by atoms with Crippen molar-refractivity contribution in [1.82, 2.24) is 5.32 Å². The second-order valence-corrected chi connectivity index (χ2v) is 5.08. The molecule has 4 heteroatoms. The smallest absolute Gasteiger partial charge is 0.303 e. The van der Waals surface area contributed by atoms with Crippen molar-refractivity contribution in [3.05, 3.63) is 0 Å². The molecule has 0 aromatic heterocycles. The van der Waals surface area contributed by atoms with Gasteiger partial charge >= 0.3 is 5.97 Å². The van der Waals surface area contributed by atoms with E-state index in [9.17, 15) is 9.90 Å². The minimum absolute atomic E-state index is 0.197. The van der Waals surface area contributed by atoms with Crippen LogP contribution in [0.25, 0.3) is 0 Å². The summed E-state index contributed by atoms with van der Waals surface area (Å²) in [5, 5.41) is 21.8. The number of carboxylic acid groups (broad SMARTS) is 1. The van der Waals surface area contributed by atoms with Crippen LogP contribution in [0.4, 0.5) is 0 Å².